The number of furan rings is 1. The minimum atomic E-state index is 0.883. The molecule has 57 heavy (non-hydrogen) atoms. The Balaban J connectivity index is 1.05. The van der Waals surface area contributed by atoms with Crippen LogP contribution in [0.2, 0.25) is 0 Å². The number of anilines is 3. The topological polar surface area (TPSA) is 21.3 Å². The van der Waals surface area contributed by atoms with Crippen molar-refractivity contribution in [2.24, 2.45) is 0 Å². The maximum Gasteiger partial charge on any atom is 0.161 e. The lowest BCUT2D eigenvalue weighted by atomic mass is 9.98. The Labute approximate surface area is 330 Å². The Morgan fingerprint density at radius 2 is 0.912 bits per heavy atom. The molecular weight excluding hydrogens is 693 g/mol. The summed E-state index contributed by atoms with van der Waals surface area (Å²) in [6.07, 6.45) is 0. The summed E-state index contributed by atoms with van der Waals surface area (Å²) in [6.45, 7) is 0. The van der Waals surface area contributed by atoms with Gasteiger partial charge in [-0.15, -0.1) is 0 Å². The summed E-state index contributed by atoms with van der Waals surface area (Å²) in [7, 11) is 0. The Hall–Kier alpha value is -7.62. The first kappa shape index (κ1) is 32.8. The molecule has 268 valence electrons. The zero-order valence-corrected chi connectivity index (χ0v) is 31.1. The van der Waals surface area contributed by atoms with Gasteiger partial charge in [0.2, 0.25) is 0 Å². The van der Waals surface area contributed by atoms with Crippen molar-refractivity contribution in [3.8, 4) is 39.1 Å². The summed E-state index contributed by atoms with van der Waals surface area (Å²) in [5, 5.41) is 4.68. The van der Waals surface area contributed by atoms with E-state index in [9.17, 15) is 0 Å². The zero-order valence-electron chi connectivity index (χ0n) is 31.1. The van der Waals surface area contributed by atoms with Gasteiger partial charge in [-0.05, 0) is 105 Å². The van der Waals surface area contributed by atoms with Gasteiger partial charge in [-0.25, -0.2) is 0 Å². The second-order valence-corrected chi connectivity index (χ2v) is 14.5. The van der Waals surface area contributed by atoms with E-state index in [1.807, 2.05) is 0 Å². The molecule has 0 atom stereocenters. The average Bonchev–Trinajstić information content (AvgIpc) is 3.83. The molecule has 0 amide bonds. The number of aromatic nitrogens is 1. The first-order valence-electron chi connectivity index (χ1n) is 19.4. The molecule has 2 heterocycles. The summed E-state index contributed by atoms with van der Waals surface area (Å²) in [5.74, 6) is 0. The molecule has 11 aromatic rings. The highest BCUT2D eigenvalue weighted by Crippen LogP contribution is 2.44. The number of nitrogens with zero attached hydrogens (tertiary/aromatic N) is 2. The number of benzene rings is 9. The van der Waals surface area contributed by atoms with Gasteiger partial charge < -0.3 is 13.9 Å². The molecule has 0 saturated carbocycles. The lowest BCUT2D eigenvalue weighted by Crippen LogP contribution is -2.10. The van der Waals surface area contributed by atoms with Gasteiger partial charge in [0.1, 0.15) is 11.1 Å². The normalized spacial score (nSPS) is 11.5. The van der Waals surface area contributed by atoms with Crippen molar-refractivity contribution in [1.82, 2.24) is 4.57 Å². The molecule has 3 heteroatoms. The molecule has 0 fully saturated rings. The Morgan fingerprint density at radius 1 is 0.351 bits per heavy atom. The third-order valence-corrected chi connectivity index (χ3v) is 11.2. The van der Waals surface area contributed by atoms with Crippen LogP contribution in [0, 0.1) is 0 Å². The number of rotatable bonds is 7. The third kappa shape index (κ3) is 5.60. The fourth-order valence-corrected chi connectivity index (χ4v) is 8.52. The summed E-state index contributed by atoms with van der Waals surface area (Å²) in [4.78, 5) is 2.35. The molecule has 2 aromatic heterocycles. The molecule has 0 unspecified atom stereocenters. The predicted molar refractivity (Wildman–Crippen MR) is 239 cm³/mol. The van der Waals surface area contributed by atoms with Crippen molar-refractivity contribution in [3.63, 3.8) is 0 Å². The van der Waals surface area contributed by atoms with Crippen LogP contribution in [-0.4, -0.2) is 4.57 Å². The molecule has 9 aromatic carbocycles. The van der Waals surface area contributed by atoms with Crippen LogP contribution in [0.25, 0.3) is 82.8 Å². The first-order chi connectivity index (χ1) is 28.3. The molecule has 0 N–H and O–H groups in total. The van der Waals surface area contributed by atoms with Crippen LogP contribution in [0.3, 0.4) is 0 Å². The first-order valence-corrected chi connectivity index (χ1v) is 19.4. The predicted octanol–water partition coefficient (Wildman–Crippen LogP) is 15.2. The van der Waals surface area contributed by atoms with Crippen molar-refractivity contribution >= 4 is 60.8 Å². The highest BCUT2D eigenvalue weighted by Gasteiger charge is 2.22. The maximum absolute atomic E-state index is 6.93. The highest BCUT2D eigenvalue weighted by molar-refractivity contribution is 6.18. The van der Waals surface area contributed by atoms with Crippen LogP contribution in [0.15, 0.2) is 223 Å². The highest BCUT2D eigenvalue weighted by atomic mass is 16.3. The molecular formula is C54H36N2O. The van der Waals surface area contributed by atoms with Crippen molar-refractivity contribution in [1.29, 1.82) is 0 Å². The molecule has 11 rings (SSSR count). The van der Waals surface area contributed by atoms with Crippen molar-refractivity contribution in [3.05, 3.63) is 218 Å². The molecule has 0 aliphatic carbocycles. The van der Waals surface area contributed by atoms with Crippen LogP contribution < -0.4 is 4.90 Å². The zero-order chi connectivity index (χ0) is 37.7. The average molecular weight is 729 g/mol. The maximum atomic E-state index is 6.93. The van der Waals surface area contributed by atoms with E-state index in [0.717, 1.165) is 66.8 Å². The fraction of sp³-hybridized carbons (Fsp3) is 0. The monoisotopic (exact) mass is 728 g/mol. The Morgan fingerprint density at radius 3 is 1.70 bits per heavy atom. The van der Waals surface area contributed by atoms with Crippen LogP contribution in [0.1, 0.15) is 0 Å². The number of hydrogen-bond acceptors (Lipinski definition) is 2. The summed E-state index contributed by atoms with van der Waals surface area (Å²) < 4.78 is 9.26. The van der Waals surface area contributed by atoms with E-state index in [4.69, 9.17) is 4.42 Å². The summed E-state index contributed by atoms with van der Waals surface area (Å²) >= 11 is 0. The summed E-state index contributed by atoms with van der Waals surface area (Å²) in [5.41, 5.74) is 15.3. The summed E-state index contributed by atoms with van der Waals surface area (Å²) in [6, 6.07) is 77.9. The molecule has 0 spiro atoms. The molecule has 0 radical (unpaired) electrons. The van der Waals surface area contributed by atoms with Gasteiger partial charge in [0, 0.05) is 39.1 Å². The second-order valence-electron chi connectivity index (χ2n) is 14.5. The Kier molecular flexibility index (Phi) is 7.82. The molecule has 0 bridgehead atoms. The van der Waals surface area contributed by atoms with Crippen molar-refractivity contribution in [2.75, 3.05) is 4.90 Å². The fourth-order valence-electron chi connectivity index (χ4n) is 8.52. The third-order valence-electron chi connectivity index (χ3n) is 11.2. The van der Waals surface area contributed by atoms with Gasteiger partial charge >= 0.3 is 0 Å². The standard InChI is InChI=1S/C54H36N2O/c1-3-14-37(15-4-1)38-28-32-43(33-29-38)55(44-34-30-40(31-35-44)47-24-12-17-39-16-7-8-22-46(39)47)45-21-11-18-41(36-45)48-25-13-26-50-52-54(57-53(48)50)49-23-9-10-27-51(49)56(52)42-19-5-2-6-20-42/h1-36H. The molecule has 0 saturated heterocycles. The van der Waals surface area contributed by atoms with Gasteiger partial charge in [-0.2, -0.15) is 0 Å². The SMILES string of the molecule is c1ccc(-c2ccc(N(c3ccc(-c4cccc5ccccc45)cc3)c3cccc(-c4cccc5c4oc4c6ccccc6n(-c6ccccc6)c54)c3)cc2)cc1. The van der Waals surface area contributed by atoms with Crippen molar-refractivity contribution in [2.45, 2.75) is 0 Å². The van der Waals surface area contributed by atoms with Crippen LogP contribution in [-0.2, 0) is 0 Å². The minimum absolute atomic E-state index is 0.883. The van der Waals surface area contributed by atoms with E-state index in [1.54, 1.807) is 0 Å². The quantitative estimate of drug-likeness (QED) is 0.163. The van der Waals surface area contributed by atoms with E-state index in [1.165, 1.54) is 33.0 Å². The van der Waals surface area contributed by atoms with Crippen LogP contribution in [0.5, 0.6) is 0 Å². The lowest BCUT2D eigenvalue weighted by molar-refractivity contribution is 0.674. The van der Waals surface area contributed by atoms with E-state index in [0.29, 0.717) is 0 Å². The van der Waals surface area contributed by atoms with Gasteiger partial charge in [0.25, 0.3) is 0 Å². The van der Waals surface area contributed by atoms with Gasteiger partial charge in [-0.3, -0.25) is 0 Å². The molecule has 0 aliphatic rings. The number of fused-ring (bicyclic) bond motifs is 6. The second kappa shape index (κ2) is 13.6. The van der Waals surface area contributed by atoms with E-state index >= 15 is 0 Å². The minimum Gasteiger partial charge on any atom is -0.453 e. The van der Waals surface area contributed by atoms with Crippen molar-refractivity contribution < 1.29 is 4.42 Å². The van der Waals surface area contributed by atoms with Gasteiger partial charge in [0.05, 0.1) is 5.52 Å². The van der Waals surface area contributed by atoms with Gasteiger partial charge in [0.15, 0.2) is 5.58 Å². The number of para-hydroxylation sites is 3. The van der Waals surface area contributed by atoms with Gasteiger partial charge in [-0.1, -0.05) is 152 Å². The van der Waals surface area contributed by atoms with E-state index in [2.05, 4.69) is 228 Å². The van der Waals surface area contributed by atoms with E-state index < -0.39 is 0 Å². The smallest absolute Gasteiger partial charge is 0.161 e. The van der Waals surface area contributed by atoms with Crippen LogP contribution >= 0.6 is 0 Å². The molecule has 0 aliphatic heterocycles. The molecule has 3 nitrogen and oxygen atoms in total. The van der Waals surface area contributed by atoms with E-state index in [-0.39, 0.29) is 0 Å². The number of hydrogen-bond donors (Lipinski definition) is 0. The lowest BCUT2D eigenvalue weighted by Gasteiger charge is -2.26. The van der Waals surface area contributed by atoms with Crippen LogP contribution in [0.4, 0.5) is 17.1 Å². The Bertz CT molecular complexity index is 3210. The largest absolute Gasteiger partial charge is 0.453 e.